The predicted octanol–water partition coefficient (Wildman–Crippen LogP) is 3.70. The third-order valence-corrected chi connectivity index (χ3v) is 8.43. The summed E-state index contributed by atoms with van der Waals surface area (Å²) in [5.74, 6) is 1.49. The Morgan fingerprint density at radius 2 is 1.83 bits per heavy atom. The van der Waals surface area contributed by atoms with Crippen molar-refractivity contribution in [1.82, 2.24) is 15.0 Å². The van der Waals surface area contributed by atoms with Crippen molar-refractivity contribution in [1.29, 1.82) is 0 Å². The lowest BCUT2D eigenvalue weighted by Crippen LogP contribution is -2.54. The van der Waals surface area contributed by atoms with Gasteiger partial charge < -0.3 is 19.9 Å². The Balaban J connectivity index is 1.30. The maximum atomic E-state index is 13.0. The topological polar surface area (TPSA) is 117 Å². The Kier molecular flexibility index (Phi) is 5.57. The number of nitrogens with zero attached hydrogens (tertiary/aromatic N) is 3. The lowest BCUT2D eigenvalue weighted by atomic mass is 10.1. The molecule has 0 aliphatic carbocycles. The molecule has 9 nitrogen and oxygen atoms in total. The highest BCUT2D eigenvalue weighted by molar-refractivity contribution is 7.91. The Hall–Kier alpha value is -3.63. The highest BCUT2D eigenvalue weighted by Crippen LogP contribution is 2.34. The number of aromatic nitrogens is 3. The van der Waals surface area contributed by atoms with Gasteiger partial charge in [0.1, 0.15) is 16.7 Å². The van der Waals surface area contributed by atoms with E-state index in [9.17, 15) is 13.2 Å². The minimum absolute atomic E-state index is 0.0386. The number of aryl methyl sites for hydroxylation is 1. The maximum Gasteiger partial charge on any atom is 0.248 e. The Bertz CT molecular complexity index is 1630. The van der Waals surface area contributed by atoms with E-state index in [-0.39, 0.29) is 28.1 Å². The van der Waals surface area contributed by atoms with Crippen LogP contribution in [-0.2, 0) is 16.3 Å². The number of anilines is 3. The summed E-state index contributed by atoms with van der Waals surface area (Å²) in [5, 5.41) is 4.69. The highest BCUT2D eigenvalue weighted by atomic mass is 35.5. The molecule has 0 spiro atoms. The van der Waals surface area contributed by atoms with E-state index in [2.05, 4.69) is 20.3 Å². The van der Waals surface area contributed by atoms with Gasteiger partial charge in [0.25, 0.3) is 0 Å². The van der Waals surface area contributed by atoms with E-state index in [4.69, 9.17) is 16.3 Å². The van der Waals surface area contributed by atoms with Crippen LogP contribution in [-0.4, -0.2) is 48.3 Å². The van der Waals surface area contributed by atoms with Gasteiger partial charge in [-0.25, -0.2) is 13.4 Å². The van der Waals surface area contributed by atoms with Gasteiger partial charge in [0, 0.05) is 16.8 Å². The summed E-state index contributed by atoms with van der Waals surface area (Å²) in [5.41, 5.74) is 1.56. The number of halogens is 1. The van der Waals surface area contributed by atoms with Gasteiger partial charge in [-0.3, -0.25) is 4.79 Å². The summed E-state index contributed by atoms with van der Waals surface area (Å²) in [7, 11) is -3.53. The SMILES string of the molecule is O=c1ccc2ccc(Nc3nc(N4CC(Oc5ccc(Cl)cc5)C4)nc4c3S(=O)(=O)CCC4)cc2[nH]1. The summed E-state index contributed by atoms with van der Waals surface area (Å²) in [6, 6.07) is 15.8. The van der Waals surface area contributed by atoms with Crippen LogP contribution in [0.1, 0.15) is 12.1 Å². The van der Waals surface area contributed by atoms with E-state index in [1.165, 1.54) is 6.07 Å². The molecular formula is C25H22ClN5O4S. The standard InChI is InChI=1S/C25H22ClN5O4S/c26-16-5-8-18(9-6-16)35-19-13-31(14-19)25-29-20-2-1-11-36(33,34)23(20)24(30-25)27-17-7-3-15-4-10-22(32)28-21(15)12-17/h3-10,12,19H,1-2,11,13-14H2,(H,28,32)(H,27,29,30). The summed E-state index contributed by atoms with van der Waals surface area (Å²) in [6.45, 7) is 1.15. The molecule has 0 bridgehead atoms. The average Bonchev–Trinajstić information content (AvgIpc) is 2.81. The first-order valence-electron chi connectivity index (χ1n) is 11.5. The Labute approximate surface area is 212 Å². The van der Waals surface area contributed by atoms with Crippen molar-refractivity contribution < 1.29 is 13.2 Å². The van der Waals surface area contributed by atoms with Crippen molar-refractivity contribution in [3.8, 4) is 5.75 Å². The molecule has 2 aliphatic rings. The molecule has 4 heterocycles. The summed E-state index contributed by atoms with van der Waals surface area (Å²) >= 11 is 5.94. The number of sulfone groups is 1. The zero-order valence-corrected chi connectivity index (χ0v) is 20.6. The lowest BCUT2D eigenvalue weighted by Gasteiger charge is -2.39. The fourth-order valence-corrected chi connectivity index (χ4v) is 6.24. The minimum Gasteiger partial charge on any atom is -0.487 e. The number of aromatic amines is 1. The summed E-state index contributed by atoms with van der Waals surface area (Å²) in [4.78, 5) is 25.9. The van der Waals surface area contributed by atoms with Crippen LogP contribution in [0.4, 0.5) is 17.5 Å². The second-order valence-electron chi connectivity index (χ2n) is 8.92. The molecule has 4 aromatic rings. The van der Waals surface area contributed by atoms with Gasteiger partial charge in [0.05, 0.1) is 30.1 Å². The van der Waals surface area contributed by atoms with Crippen molar-refractivity contribution in [3.63, 3.8) is 0 Å². The van der Waals surface area contributed by atoms with E-state index in [1.54, 1.807) is 24.3 Å². The van der Waals surface area contributed by atoms with Crippen LogP contribution in [0.15, 0.2) is 64.3 Å². The molecule has 11 heteroatoms. The van der Waals surface area contributed by atoms with E-state index < -0.39 is 9.84 Å². The number of hydrogen-bond acceptors (Lipinski definition) is 8. The summed E-state index contributed by atoms with van der Waals surface area (Å²) < 4.78 is 31.9. The fourth-order valence-electron chi connectivity index (χ4n) is 4.48. The minimum atomic E-state index is -3.53. The van der Waals surface area contributed by atoms with Crippen molar-refractivity contribution in [2.75, 3.05) is 29.1 Å². The predicted molar refractivity (Wildman–Crippen MR) is 138 cm³/mol. The molecule has 2 aromatic heterocycles. The third kappa shape index (κ3) is 4.38. The van der Waals surface area contributed by atoms with Gasteiger partial charge in [0.2, 0.25) is 11.5 Å². The third-order valence-electron chi connectivity index (χ3n) is 6.30. The highest BCUT2D eigenvalue weighted by Gasteiger charge is 2.35. The zero-order chi connectivity index (χ0) is 24.9. The van der Waals surface area contributed by atoms with Crippen molar-refractivity contribution >= 4 is 49.8 Å². The molecule has 0 saturated carbocycles. The smallest absolute Gasteiger partial charge is 0.248 e. The van der Waals surface area contributed by atoms with Gasteiger partial charge in [-0.2, -0.15) is 4.98 Å². The van der Waals surface area contributed by atoms with Gasteiger partial charge >= 0.3 is 0 Å². The number of benzene rings is 2. The van der Waals surface area contributed by atoms with E-state index >= 15 is 0 Å². The number of pyridine rings is 1. The second kappa shape index (κ2) is 8.79. The fraction of sp³-hybridized carbons (Fsp3) is 0.240. The molecule has 0 amide bonds. The second-order valence-corrected chi connectivity index (χ2v) is 11.4. The number of hydrogen-bond donors (Lipinski definition) is 2. The molecule has 2 N–H and O–H groups in total. The van der Waals surface area contributed by atoms with Crippen LogP contribution in [0.25, 0.3) is 10.9 Å². The van der Waals surface area contributed by atoms with Gasteiger partial charge in [-0.15, -0.1) is 0 Å². The largest absolute Gasteiger partial charge is 0.487 e. The molecule has 36 heavy (non-hydrogen) atoms. The van der Waals surface area contributed by atoms with Crippen molar-refractivity contribution in [2.24, 2.45) is 0 Å². The normalized spacial score (nSPS) is 16.9. The lowest BCUT2D eigenvalue weighted by molar-refractivity contribution is 0.166. The first kappa shape index (κ1) is 22.8. The monoisotopic (exact) mass is 523 g/mol. The first-order chi connectivity index (χ1) is 17.3. The Morgan fingerprint density at radius 3 is 2.64 bits per heavy atom. The number of H-pyrrole nitrogens is 1. The molecule has 2 aliphatic heterocycles. The van der Waals surface area contributed by atoms with Crippen LogP contribution in [0.3, 0.4) is 0 Å². The molecule has 6 rings (SSSR count). The van der Waals surface area contributed by atoms with Crippen LogP contribution >= 0.6 is 11.6 Å². The van der Waals surface area contributed by atoms with E-state index in [0.29, 0.717) is 53.8 Å². The van der Waals surface area contributed by atoms with Gasteiger partial charge in [0.15, 0.2) is 15.7 Å². The average molecular weight is 524 g/mol. The van der Waals surface area contributed by atoms with Crippen molar-refractivity contribution in [3.05, 3.63) is 75.7 Å². The van der Waals surface area contributed by atoms with Gasteiger partial charge in [-0.05, 0) is 60.7 Å². The molecule has 0 radical (unpaired) electrons. The molecule has 0 atom stereocenters. The maximum absolute atomic E-state index is 13.0. The van der Waals surface area contributed by atoms with Gasteiger partial charge in [-0.1, -0.05) is 17.7 Å². The molecular weight excluding hydrogens is 502 g/mol. The molecule has 1 saturated heterocycles. The molecule has 1 fully saturated rings. The Morgan fingerprint density at radius 1 is 1.06 bits per heavy atom. The van der Waals surface area contributed by atoms with Crippen LogP contribution < -0.4 is 20.5 Å². The molecule has 184 valence electrons. The summed E-state index contributed by atoms with van der Waals surface area (Å²) in [6.07, 6.45) is 1.04. The van der Waals surface area contributed by atoms with Crippen LogP contribution in [0.5, 0.6) is 5.75 Å². The number of ether oxygens (including phenoxy) is 1. The van der Waals surface area contributed by atoms with Crippen molar-refractivity contribution in [2.45, 2.75) is 23.8 Å². The van der Waals surface area contributed by atoms with Crippen LogP contribution in [0.2, 0.25) is 5.02 Å². The molecule has 2 aromatic carbocycles. The quantitative estimate of drug-likeness (QED) is 0.406. The number of fused-ring (bicyclic) bond motifs is 2. The number of rotatable bonds is 5. The first-order valence-corrected chi connectivity index (χ1v) is 13.6. The van der Waals surface area contributed by atoms with E-state index in [1.807, 2.05) is 29.2 Å². The zero-order valence-electron chi connectivity index (χ0n) is 19.1. The number of nitrogens with one attached hydrogen (secondary N) is 2. The molecule has 0 unspecified atom stereocenters. The van der Waals surface area contributed by atoms with Crippen LogP contribution in [0, 0.1) is 0 Å². The van der Waals surface area contributed by atoms with E-state index in [0.717, 1.165) is 11.1 Å².